The molecule has 13 nitrogen and oxygen atoms in total. The molecular formula is C25H29N5O8S. The summed E-state index contributed by atoms with van der Waals surface area (Å²) in [5.41, 5.74) is 0.390. The summed E-state index contributed by atoms with van der Waals surface area (Å²) in [5, 5.41) is 26.5. The Kier molecular flexibility index (Phi) is 8.33. The van der Waals surface area contributed by atoms with Gasteiger partial charge < -0.3 is 35.2 Å². The largest absolute Gasteiger partial charge is 0.480 e. The van der Waals surface area contributed by atoms with Crippen molar-refractivity contribution in [3.8, 4) is 0 Å². The molecule has 0 radical (unpaired) electrons. The first-order valence-electron chi connectivity index (χ1n) is 12.4. The van der Waals surface area contributed by atoms with E-state index in [1.165, 1.54) is 11.3 Å². The molecule has 4 N–H and O–H groups in total. The number of carbonyl (C=O) groups excluding carboxylic acids is 4. The number of aryl methyl sites for hydroxylation is 1. The molecule has 2 aliphatic heterocycles. The number of carboxylic acids is 2. The third-order valence-corrected chi connectivity index (χ3v) is 7.83. The zero-order valence-corrected chi connectivity index (χ0v) is 21.9. The Balaban J connectivity index is 1.33. The van der Waals surface area contributed by atoms with E-state index >= 15 is 0 Å². The van der Waals surface area contributed by atoms with Gasteiger partial charge in [0, 0.05) is 64.1 Å². The van der Waals surface area contributed by atoms with Crippen LogP contribution in [0.2, 0.25) is 0 Å². The molecular weight excluding hydrogens is 530 g/mol. The maximum Gasteiger partial charge on any atom is 0.326 e. The fourth-order valence-corrected chi connectivity index (χ4v) is 5.65. The van der Waals surface area contributed by atoms with Crippen molar-refractivity contribution in [2.24, 2.45) is 7.05 Å². The van der Waals surface area contributed by atoms with Crippen LogP contribution < -0.4 is 10.6 Å². The Bertz CT molecular complexity index is 1280. The standard InChI is InChI=1S/C25H29N5O8S/c1-28-8-2-4-16(28)22(33)26-14-10-17(24(35)36)29(12-14)20(31)6-7-21(32)30-13-15(11-18(30)25(37)38)27-23(34)19-5-3-9-39-19/h2-5,8-9,14-15,17-18H,6-7,10-13H2,1H3,(H,26,33)(H,27,34)(H,35,36)(H,37,38). The highest BCUT2D eigenvalue weighted by atomic mass is 32.1. The van der Waals surface area contributed by atoms with Gasteiger partial charge in [-0.25, -0.2) is 9.59 Å². The topological polar surface area (TPSA) is 178 Å². The summed E-state index contributed by atoms with van der Waals surface area (Å²) >= 11 is 1.24. The number of carbonyl (C=O) groups is 6. The molecule has 2 fully saturated rings. The predicted molar refractivity (Wildman–Crippen MR) is 137 cm³/mol. The van der Waals surface area contributed by atoms with E-state index in [9.17, 15) is 39.0 Å². The van der Waals surface area contributed by atoms with Crippen LogP contribution in [0.4, 0.5) is 0 Å². The van der Waals surface area contributed by atoms with Crippen molar-refractivity contribution in [1.29, 1.82) is 0 Å². The Hall–Kier alpha value is -4.20. The van der Waals surface area contributed by atoms with Crippen molar-refractivity contribution in [2.45, 2.75) is 49.9 Å². The minimum absolute atomic E-state index is 0.0179. The molecule has 4 unspecified atom stereocenters. The number of hydrogen-bond donors (Lipinski definition) is 4. The van der Waals surface area contributed by atoms with Gasteiger partial charge in [-0.2, -0.15) is 0 Å². The van der Waals surface area contributed by atoms with Crippen LogP contribution in [0.5, 0.6) is 0 Å². The first-order valence-corrected chi connectivity index (χ1v) is 13.2. The van der Waals surface area contributed by atoms with Crippen molar-refractivity contribution in [1.82, 2.24) is 25.0 Å². The van der Waals surface area contributed by atoms with Crippen molar-refractivity contribution in [3.63, 3.8) is 0 Å². The van der Waals surface area contributed by atoms with E-state index in [2.05, 4.69) is 10.6 Å². The van der Waals surface area contributed by atoms with Gasteiger partial charge in [-0.15, -0.1) is 11.3 Å². The number of thiophene rings is 1. The van der Waals surface area contributed by atoms with E-state index in [-0.39, 0.29) is 44.7 Å². The van der Waals surface area contributed by atoms with Crippen molar-refractivity contribution >= 4 is 46.9 Å². The van der Waals surface area contributed by atoms with Gasteiger partial charge in [0.2, 0.25) is 11.8 Å². The van der Waals surface area contributed by atoms with Gasteiger partial charge in [0.25, 0.3) is 11.8 Å². The zero-order chi connectivity index (χ0) is 28.3. The first kappa shape index (κ1) is 27.8. The van der Waals surface area contributed by atoms with E-state index in [4.69, 9.17) is 0 Å². The monoisotopic (exact) mass is 559 g/mol. The highest BCUT2D eigenvalue weighted by molar-refractivity contribution is 7.12. The second kappa shape index (κ2) is 11.7. The van der Waals surface area contributed by atoms with Crippen LogP contribution in [-0.4, -0.2) is 97.4 Å². The third kappa shape index (κ3) is 6.28. The molecule has 2 saturated heterocycles. The molecule has 14 heteroatoms. The van der Waals surface area contributed by atoms with Crippen LogP contribution in [0, 0.1) is 0 Å². The number of likely N-dealkylation sites (tertiary alicyclic amines) is 2. The lowest BCUT2D eigenvalue weighted by Crippen LogP contribution is -2.43. The number of aromatic nitrogens is 1. The van der Waals surface area contributed by atoms with Gasteiger partial charge in [0.1, 0.15) is 17.8 Å². The number of carboxylic acid groups (broad SMARTS) is 2. The summed E-state index contributed by atoms with van der Waals surface area (Å²) in [6.07, 6.45) is 1.10. The molecule has 208 valence electrons. The molecule has 2 aromatic heterocycles. The molecule has 39 heavy (non-hydrogen) atoms. The highest BCUT2D eigenvalue weighted by Gasteiger charge is 2.42. The molecule has 2 aliphatic rings. The van der Waals surface area contributed by atoms with Gasteiger partial charge >= 0.3 is 11.9 Å². The van der Waals surface area contributed by atoms with E-state index in [1.54, 1.807) is 47.5 Å². The first-order chi connectivity index (χ1) is 18.5. The van der Waals surface area contributed by atoms with Crippen LogP contribution in [0.3, 0.4) is 0 Å². The molecule has 4 heterocycles. The Morgan fingerprint density at radius 2 is 1.38 bits per heavy atom. The molecule has 0 saturated carbocycles. The summed E-state index contributed by atoms with van der Waals surface area (Å²) in [4.78, 5) is 77.1. The Morgan fingerprint density at radius 1 is 0.846 bits per heavy atom. The summed E-state index contributed by atoms with van der Waals surface area (Å²) in [6, 6.07) is 3.20. The van der Waals surface area contributed by atoms with Crippen LogP contribution in [-0.2, 0) is 26.2 Å². The van der Waals surface area contributed by atoms with Crippen molar-refractivity contribution in [2.75, 3.05) is 13.1 Å². The van der Waals surface area contributed by atoms with E-state index in [1.807, 2.05) is 0 Å². The maximum absolute atomic E-state index is 13.0. The summed E-state index contributed by atoms with van der Waals surface area (Å²) in [5.74, 6) is -4.35. The van der Waals surface area contributed by atoms with Gasteiger partial charge in [-0.1, -0.05) is 6.07 Å². The zero-order valence-electron chi connectivity index (χ0n) is 21.1. The smallest absolute Gasteiger partial charge is 0.326 e. The van der Waals surface area contributed by atoms with Crippen molar-refractivity contribution < 1.29 is 39.0 Å². The number of amides is 4. The van der Waals surface area contributed by atoms with Gasteiger partial charge in [-0.3, -0.25) is 19.2 Å². The van der Waals surface area contributed by atoms with Gasteiger partial charge in [0.15, 0.2) is 0 Å². The maximum atomic E-state index is 13.0. The summed E-state index contributed by atoms with van der Waals surface area (Å²) in [7, 11) is 1.70. The summed E-state index contributed by atoms with van der Waals surface area (Å²) < 4.78 is 1.62. The van der Waals surface area contributed by atoms with E-state index in [0.29, 0.717) is 10.6 Å². The van der Waals surface area contributed by atoms with Gasteiger partial charge in [0.05, 0.1) is 4.88 Å². The number of nitrogens with one attached hydrogen (secondary N) is 2. The van der Waals surface area contributed by atoms with E-state index in [0.717, 1.165) is 9.80 Å². The number of aliphatic carboxylic acids is 2. The van der Waals surface area contributed by atoms with Gasteiger partial charge in [-0.05, 0) is 23.6 Å². The van der Waals surface area contributed by atoms with Crippen LogP contribution >= 0.6 is 11.3 Å². The normalized spacial score (nSPS) is 22.5. The quantitative estimate of drug-likeness (QED) is 0.335. The van der Waals surface area contributed by atoms with E-state index < -0.39 is 53.8 Å². The lowest BCUT2D eigenvalue weighted by molar-refractivity contribution is -0.150. The summed E-state index contributed by atoms with van der Waals surface area (Å²) in [6.45, 7) is -0.0473. The van der Waals surface area contributed by atoms with Crippen molar-refractivity contribution in [3.05, 3.63) is 46.4 Å². The molecule has 4 amide bonds. The number of hydrogen-bond acceptors (Lipinski definition) is 7. The SMILES string of the molecule is Cn1cccc1C(=O)NC1CC(C(=O)O)N(C(=O)CCC(=O)N2CC(NC(=O)c3cccs3)CC2C(=O)O)C1. The minimum atomic E-state index is -1.22. The predicted octanol–water partition coefficient (Wildman–Crippen LogP) is 0.135. The average molecular weight is 560 g/mol. The van der Waals surface area contributed by atoms with Crippen LogP contribution in [0.1, 0.15) is 45.8 Å². The fraction of sp³-hybridized carbons (Fsp3) is 0.440. The molecule has 0 spiro atoms. The molecule has 0 bridgehead atoms. The van der Waals surface area contributed by atoms with Crippen LogP contribution in [0.25, 0.3) is 0 Å². The molecule has 4 rings (SSSR count). The number of nitrogens with zero attached hydrogens (tertiary/aromatic N) is 3. The molecule has 2 aromatic rings. The minimum Gasteiger partial charge on any atom is -0.480 e. The molecule has 4 atom stereocenters. The molecule has 0 aliphatic carbocycles. The third-order valence-electron chi connectivity index (χ3n) is 6.96. The highest BCUT2D eigenvalue weighted by Crippen LogP contribution is 2.23. The second-order valence-electron chi connectivity index (χ2n) is 9.59. The van der Waals surface area contributed by atoms with Crippen LogP contribution in [0.15, 0.2) is 35.8 Å². The lowest BCUT2D eigenvalue weighted by Gasteiger charge is -2.24. The Morgan fingerprint density at radius 3 is 1.82 bits per heavy atom. The average Bonchev–Trinajstić information content (AvgIpc) is 3.68. The lowest BCUT2D eigenvalue weighted by atomic mass is 10.1. The molecule has 0 aromatic carbocycles. The number of rotatable bonds is 9. The Labute approximate surface area is 227 Å². The fourth-order valence-electron chi connectivity index (χ4n) is 5.02. The second-order valence-corrected chi connectivity index (χ2v) is 10.5.